The lowest BCUT2D eigenvalue weighted by Gasteiger charge is -2.44. The van der Waals surface area contributed by atoms with E-state index in [1.54, 1.807) is 20.8 Å². The van der Waals surface area contributed by atoms with Gasteiger partial charge in [0.2, 0.25) is 0 Å². The van der Waals surface area contributed by atoms with Gasteiger partial charge in [0.05, 0.1) is 0 Å². The third kappa shape index (κ3) is 16.8. The Bertz CT molecular complexity index is 1010. The van der Waals surface area contributed by atoms with E-state index in [0.717, 1.165) is 53.4 Å². The quantitative estimate of drug-likeness (QED) is 0.0936. The third-order valence-electron chi connectivity index (χ3n) is 6.85. The van der Waals surface area contributed by atoms with Gasteiger partial charge in [0.25, 0.3) is 5.91 Å². The van der Waals surface area contributed by atoms with E-state index in [2.05, 4.69) is 17.6 Å². The van der Waals surface area contributed by atoms with E-state index in [9.17, 15) is 28.8 Å². The van der Waals surface area contributed by atoms with Crippen LogP contribution in [-0.2, 0) is 52.4 Å². The summed E-state index contributed by atoms with van der Waals surface area (Å²) in [5.74, 6) is -3.94. The van der Waals surface area contributed by atoms with Gasteiger partial charge >= 0.3 is 30.0 Å². The highest BCUT2D eigenvalue weighted by atomic mass is 16.7. The number of unbranched alkanes of at least 4 members (excludes halogenated alkanes) is 8. The Hall–Kier alpha value is -3.42. The lowest BCUT2D eigenvalue weighted by Crippen LogP contribution is -2.66. The molecule has 1 heterocycles. The first-order valence-corrected chi connectivity index (χ1v) is 16.1. The highest BCUT2D eigenvalue weighted by molar-refractivity contribution is 5.83. The fraction of sp³-hybridized carbons (Fsp3) is 0.812. The zero-order valence-corrected chi connectivity index (χ0v) is 28.6. The maximum atomic E-state index is 13.8. The number of rotatable bonds is 18. The molecule has 0 aromatic rings. The summed E-state index contributed by atoms with van der Waals surface area (Å²) in [4.78, 5) is 74.3. The minimum absolute atomic E-state index is 0.353. The maximum absolute atomic E-state index is 13.8. The van der Waals surface area contributed by atoms with Crippen molar-refractivity contribution < 1.29 is 57.2 Å². The molecule has 0 aromatic carbocycles. The van der Waals surface area contributed by atoms with Gasteiger partial charge in [0.15, 0.2) is 24.4 Å². The maximum Gasteiger partial charge on any atom is 0.409 e. The van der Waals surface area contributed by atoms with Crippen molar-refractivity contribution in [3.63, 3.8) is 0 Å². The first kappa shape index (κ1) is 40.6. The van der Waals surface area contributed by atoms with E-state index in [0.29, 0.717) is 12.8 Å². The Kier molecular flexibility index (Phi) is 18.2. The van der Waals surface area contributed by atoms with Crippen LogP contribution in [0.4, 0.5) is 4.79 Å². The summed E-state index contributed by atoms with van der Waals surface area (Å²) in [7, 11) is 0. The van der Waals surface area contributed by atoms with Crippen LogP contribution in [0.3, 0.4) is 0 Å². The topological polar surface area (TPSA) is 182 Å². The summed E-state index contributed by atoms with van der Waals surface area (Å²) in [6.07, 6.45) is 0.971. The van der Waals surface area contributed by atoms with Gasteiger partial charge in [-0.25, -0.2) is 4.79 Å². The minimum atomic E-state index is -1.62. The van der Waals surface area contributed by atoms with Crippen LogP contribution in [-0.4, -0.2) is 84.8 Å². The molecule has 1 fully saturated rings. The average molecular weight is 659 g/mol. The fourth-order valence-corrected chi connectivity index (χ4v) is 4.98. The SMILES string of the molecule is CCCCCCCCCCC[C@@H](NC(=O)OC(C)(C)C)NC(=O)[C@@H]1O[C@H](COC(C)=O)[C@H](OC(C)=O)[C@H](OC(C)=O)[C@H]1OC(C)=O. The zero-order chi connectivity index (χ0) is 34.9. The molecule has 14 heteroatoms. The molecule has 1 saturated heterocycles. The van der Waals surface area contributed by atoms with Crippen molar-refractivity contribution in [2.24, 2.45) is 0 Å². The Morgan fingerprint density at radius 2 is 1.17 bits per heavy atom. The van der Waals surface area contributed by atoms with Gasteiger partial charge < -0.3 is 39.1 Å². The summed E-state index contributed by atoms with van der Waals surface area (Å²) < 4.78 is 32.6. The summed E-state index contributed by atoms with van der Waals surface area (Å²) in [5.41, 5.74) is -0.795. The molecule has 0 spiro atoms. The number of amides is 2. The molecule has 0 unspecified atom stereocenters. The third-order valence-corrected chi connectivity index (χ3v) is 6.85. The molecular weight excluding hydrogens is 604 g/mol. The molecule has 0 aromatic heterocycles. The molecule has 2 amide bonds. The van der Waals surface area contributed by atoms with Crippen LogP contribution in [0.1, 0.15) is 120 Å². The Morgan fingerprint density at radius 3 is 1.67 bits per heavy atom. The van der Waals surface area contributed by atoms with Gasteiger partial charge in [-0.3, -0.25) is 24.0 Å². The highest BCUT2D eigenvalue weighted by Crippen LogP contribution is 2.30. The molecule has 0 bridgehead atoms. The molecule has 0 aliphatic carbocycles. The van der Waals surface area contributed by atoms with Crippen LogP contribution in [0, 0.1) is 0 Å². The number of hydrogen-bond donors (Lipinski definition) is 2. The Labute approximate surface area is 272 Å². The van der Waals surface area contributed by atoms with Gasteiger partial charge in [-0.2, -0.15) is 0 Å². The van der Waals surface area contributed by atoms with Crippen LogP contribution in [0.25, 0.3) is 0 Å². The van der Waals surface area contributed by atoms with Crippen molar-refractivity contribution >= 4 is 35.9 Å². The lowest BCUT2D eigenvalue weighted by atomic mass is 9.93. The van der Waals surface area contributed by atoms with Gasteiger partial charge in [-0.15, -0.1) is 0 Å². The van der Waals surface area contributed by atoms with Crippen molar-refractivity contribution in [3.8, 4) is 0 Å². The van der Waals surface area contributed by atoms with Gasteiger partial charge in [0, 0.05) is 27.7 Å². The summed E-state index contributed by atoms with van der Waals surface area (Å²) in [5, 5.41) is 5.40. The van der Waals surface area contributed by atoms with E-state index >= 15 is 0 Å². The van der Waals surface area contributed by atoms with Crippen LogP contribution >= 0.6 is 0 Å². The first-order chi connectivity index (χ1) is 21.5. The number of esters is 4. The lowest BCUT2D eigenvalue weighted by molar-refractivity contribution is -0.249. The molecule has 14 nitrogen and oxygen atoms in total. The van der Waals surface area contributed by atoms with Crippen LogP contribution in [0.2, 0.25) is 0 Å². The van der Waals surface area contributed by atoms with E-state index in [1.165, 1.54) is 25.7 Å². The molecule has 0 radical (unpaired) electrons. The second kappa shape index (κ2) is 20.7. The Morgan fingerprint density at radius 1 is 0.674 bits per heavy atom. The smallest absolute Gasteiger partial charge is 0.409 e. The monoisotopic (exact) mass is 658 g/mol. The van der Waals surface area contributed by atoms with E-state index in [1.807, 2.05) is 0 Å². The molecule has 46 heavy (non-hydrogen) atoms. The number of carbonyl (C=O) groups is 6. The normalized spacial score (nSPS) is 21.7. The van der Waals surface area contributed by atoms with E-state index < -0.39 is 84.8 Å². The predicted molar refractivity (Wildman–Crippen MR) is 165 cm³/mol. The fourth-order valence-electron chi connectivity index (χ4n) is 4.98. The standard InChI is InChI=1S/C32H54N2O12/c1-9-10-11-12-13-14-15-16-17-18-25(34-31(40)46-32(6,7)8)33-30(39)29-28(44-23(5)38)27(43-22(4)37)26(42-21(3)36)24(45-29)19-41-20(2)35/h24-29H,9-19H2,1-8H3,(H,33,39)(H,34,40)/t24-,25-,26+,27+,28-,29-/m1/s1. The first-order valence-electron chi connectivity index (χ1n) is 16.1. The molecule has 264 valence electrons. The average Bonchev–Trinajstić information content (AvgIpc) is 2.91. The highest BCUT2D eigenvalue weighted by Gasteiger charge is 2.54. The van der Waals surface area contributed by atoms with Crippen molar-refractivity contribution in [1.82, 2.24) is 10.6 Å². The van der Waals surface area contributed by atoms with E-state index in [-0.39, 0.29) is 0 Å². The number of carbonyl (C=O) groups excluding carboxylic acids is 6. The number of hydrogen-bond acceptors (Lipinski definition) is 12. The van der Waals surface area contributed by atoms with Gasteiger partial charge in [0.1, 0.15) is 24.5 Å². The van der Waals surface area contributed by atoms with Gasteiger partial charge in [-0.05, 0) is 33.6 Å². The summed E-state index contributed by atoms with van der Waals surface area (Å²) in [6.45, 7) is 11.3. The molecule has 6 atom stereocenters. The second-order valence-electron chi connectivity index (χ2n) is 12.4. The largest absolute Gasteiger partial charge is 0.463 e. The van der Waals surface area contributed by atoms with E-state index in [4.69, 9.17) is 28.4 Å². The van der Waals surface area contributed by atoms with Crippen LogP contribution in [0.5, 0.6) is 0 Å². The van der Waals surface area contributed by atoms with Crippen molar-refractivity contribution in [2.45, 2.75) is 162 Å². The summed E-state index contributed by atoms with van der Waals surface area (Å²) >= 11 is 0. The molecule has 1 rings (SSSR count). The van der Waals surface area contributed by atoms with Gasteiger partial charge in [-0.1, -0.05) is 58.3 Å². The molecule has 2 N–H and O–H groups in total. The number of ether oxygens (including phenoxy) is 6. The predicted octanol–water partition coefficient (Wildman–Crippen LogP) is 4.00. The Balaban J connectivity index is 3.23. The van der Waals surface area contributed by atoms with Crippen LogP contribution in [0.15, 0.2) is 0 Å². The van der Waals surface area contributed by atoms with Crippen LogP contribution < -0.4 is 10.6 Å². The van der Waals surface area contributed by atoms with Crippen molar-refractivity contribution in [1.29, 1.82) is 0 Å². The molecule has 0 saturated carbocycles. The second-order valence-corrected chi connectivity index (χ2v) is 12.4. The number of alkyl carbamates (subject to hydrolysis) is 1. The minimum Gasteiger partial charge on any atom is -0.463 e. The molecule has 1 aliphatic heterocycles. The molecular formula is C32H54N2O12. The molecule has 1 aliphatic rings. The van der Waals surface area contributed by atoms with Crippen molar-refractivity contribution in [2.75, 3.05) is 6.61 Å². The summed E-state index contributed by atoms with van der Waals surface area (Å²) in [6, 6.07) is 0. The number of nitrogens with one attached hydrogen (secondary N) is 2. The van der Waals surface area contributed by atoms with Crippen molar-refractivity contribution in [3.05, 3.63) is 0 Å². The zero-order valence-electron chi connectivity index (χ0n) is 28.6.